The average Bonchev–Trinajstić information content (AvgIpc) is 2.27. The second-order valence-electron chi connectivity index (χ2n) is 6.43. The summed E-state index contributed by atoms with van der Waals surface area (Å²) in [6.07, 6.45) is 8.70. The number of Topliss-reactive ketones (excluding diaryl/α,β-unsaturated/α-hetero) is 1. The van der Waals surface area contributed by atoms with Gasteiger partial charge in [-0.25, -0.2) is 0 Å². The first-order chi connectivity index (χ1) is 8.28. The van der Waals surface area contributed by atoms with E-state index in [1.54, 1.807) is 0 Å². The third-order valence-electron chi connectivity index (χ3n) is 5.31. The van der Waals surface area contributed by atoms with Crippen molar-refractivity contribution in [2.45, 2.75) is 51.4 Å². The second-order valence-corrected chi connectivity index (χ2v) is 6.43. The van der Waals surface area contributed by atoms with E-state index in [-0.39, 0.29) is 0 Å². The van der Waals surface area contributed by atoms with Gasteiger partial charge in [0.2, 0.25) is 0 Å². The van der Waals surface area contributed by atoms with E-state index < -0.39 is 0 Å². The SMILES string of the molecule is N#CCCCC(=O)C1C2CC3CC(C2)CC1C3. The van der Waals surface area contributed by atoms with Gasteiger partial charge in [-0.05, 0) is 62.2 Å². The molecule has 4 aliphatic carbocycles. The molecule has 17 heavy (non-hydrogen) atoms. The summed E-state index contributed by atoms with van der Waals surface area (Å²) >= 11 is 0. The van der Waals surface area contributed by atoms with Crippen LogP contribution in [0.2, 0.25) is 0 Å². The molecule has 4 fully saturated rings. The van der Waals surface area contributed by atoms with Gasteiger partial charge < -0.3 is 0 Å². The summed E-state index contributed by atoms with van der Waals surface area (Å²) in [6, 6.07) is 2.14. The Bertz CT molecular complexity index is 326. The van der Waals surface area contributed by atoms with Crippen molar-refractivity contribution >= 4 is 5.78 Å². The molecule has 4 saturated carbocycles. The summed E-state index contributed by atoms with van der Waals surface area (Å²) in [4.78, 5) is 12.3. The fourth-order valence-corrected chi connectivity index (χ4v) is 4.96. The third-order valence-corrected chi connectivity index (χ3v) is 5.31. The quantitative estimate of drug-likeness (QED) is 0.696. The topological polar surface area (TPSA) is 40.9 Å². The molecule has 2 nitrogen and oxygen atoms in total. The van der Waals surface area contributed by atoms with Crippen molar-refractivity contribution in [1.82, 2.24) is 0 Å². The molecule has 4 aliphatic rings. The molecule has 0 radical (unpaired) electrons. The highest BCUT2D eigenvalue weighted by atomic mass is 16.1. The number of ketones is 1. The predicted octanol–water partition coefficient (Wildman–Crippen LogP) is 3.32. The minimum atomic E-state index is 0.376. The summed E-state index contributed by atoms with van der Waals surface area (Å²) in [7, 11) is 0. The first-order valence-corrected chi connectivity index (χ1v) is 7.17. The molecule has 0 amide bonds. The highest BCUT2D eigenvalue weighted by Gasteiger charge is 2.50. The molecule has 0 atom stereocenters. The van der Waals surface area contributed by atoms with E-state index in [4.69, 9.17) is 5.26 Å². The number of hydrogen-bond donors (Lipinski definition) is 0. The lowest BCUT2D eigenvalue weighted by atomic mass is 9.51. The smallest absolute Gasteiger partial charge is 0.136 e. The molecule has 0 heterocycles. The van der Waals surface area contributed by atoms with Gasteiger partial charge in [0, 0.05) is 18.8 Å². The lowest BCUT2D eigenvalue weighted by Gasteiger charge is -2.53. The first-order valence-electron chi connectivity index (χ1n) is 7.17. The summed E-state index contributed by atoms with van der Waals surface area (Å²) in [5.74, 6) is 4.17. The number of unbranched alkanes of at least 4 members (excludes halogenated alkanes) is 1. The summed E-state index contributed by atoms with van der Waals surface area (Å²) < 4.78 is 0. The summed E-state index contributed by atoms with van der Waals surface area (Å²) in [5.41, 5.74) is 0. The average molecular weight is 231 g/mol. The molecule has 4 bridgehead atoms. The second kappa shape index (κ2) is 4.44. The summed E-state index contributed by atoms with van der Waals surface area (Å²) in [6.45, 7) is 0. The van der Waals surface area contributed by atoms with Gasteiger partial charge in [-0.15, -0.1) is 0 Å². The van der Waals surface area contributed by atoms with Gasteiger partial charge in [-0.3, -0.25) is 4.79 Å². The Morgan fingerprint density at radius 1 is 1.06 bits per heavy atom. The molecule has 0 spiro atoms. The molecular formula is C15H21NO. The zero-order valence-electron chi connectivity index (χ0n) is 10.4. The van der Waals surface area contributed by atoms with Crippen LogP contribution in [0.5, 0.6) is 0 Å². The van der Waals surface area contributed by atoms with Crippen LogP contribution in [0.1, 0.15) is 51.4 Å². The first kappa shape index (κ1) is 11.3. The lowest BCUT2D eigenvalue weighted by Crippen LogP contribution is -2.47. The van der Waals surface area contributed by atoms with Crippen LogP contribution in [0.25, 0.3) is 0 Å². The van der Waals surface area contributed by atoms with E-state index in [1.165, 1.54) is 32.1 Å². The van der Waals surface area contributed by atoms with Crippen LogP contribution in [0, 0.1) is 40.9 Å². The number of carbonyl (C=O) groups excluding carboxylic acids is 1. The van der Waals surface area contributed by atoms with Gasteiger partial charge >= 0.3 is 0 Å². The van der Waals surface area contributed by atoms with Crippen molar-refractivity contribution in [3.05, 3.63) is 0 Å². The fourth-order valence-electron chi connectivity index (χ4n) is 4.96. The zero-order chi connectivity index (χ0) is 11.8. The van der Waals surface area contributed by atoms with Gasteiger partial charge in [-0.2, -0.15) is 5.26 Å². The van der Waals surface area contributed by atoms with E-state index in [0.29, 0.717) is 36.4 Å². The highest BCUT2D eigenvalue weighted by molar-refractivity contribution is 5.82. The van der Waals surface area contributed by atoms with Gasteiger partial charge in [0.1, 0.15) is 5.78 Å². The summed E-state index contributed by atoms with van der Waals surface area (Å²) in [5, 5.41) is 8.53. The van der Waals surface area contributed by atoms with E-state index in [9.17, 15) is 4.79 Å². The van der Waals surface area contributed by atoms with Gasteiger partial charge in [0.25, 0.3) is 0 Å². The maximum Gasteiger partial charge on any atom is 0.136 e. The molecule has 92 valence electrons. The number of hydrogen-bond acceptors (Lipinski definition) is 2. The van der Waals surface area contributed by atoms with Crippen molar-refractivity contribution in [3.8, 4) is 6.07 Å². The Balaban J connectivity index is 1.64. The Hall–Kier alpha value is -0.840. The van der Waals surface area contributed by atoms with E-state index in [2.05, 4.69) is 6.07 Å². The van der Waals surface area contributed by atoms with Crippen LogP contribution in [0.4, 0.5) is 0 Å². The van der Waals surface area contributed by atoms with Crippen LogP contribution in [0.15, 0.2) is 0 Å². The number of nitrogens with zero attached hydrogens (tertiary/aromatic N) is 1. The largest absolute Gasteiger partial charge is 0.299 e. The Labute approximate surface area is 103 Å². The molecule has 0 N–H and O–H groups in total. The van der Waals surface area contributed by atoms with Crippen molar-refractivity contribution in [2.75, 3.05) is 0 Å². The standard InChI is InChI=1S/C15H21NO/c16-4-2-1-3-14(17)15-12-6-10-5-11(8-12)9-13(15)7-10/h10-13,15H,1-3,5-9H2. The van der Waals surface area contributed by atoms with E-state index >= 15 is 0 Å². The normalized spacial score (nSPS) is 42.4. The fraction of sp³-hybridized carbons (Fsp3) is 0.867. The molecule has 4 rings (SSSR count). The monoisotopic (exact) mass is 231 g/mol. The molecular weight excluding hydrogens is 210 g/mol. The number of rotatable bonds is 4. The zero-order valence-corrected chi connectivity index (χ0v) is 10.4. The number of nitriles is 1. The maximum absolute atomic E-state index is 12.3. The van der Waals surface area contributed by atoms with Crippen molar-refractivity contribution in [2.24, 2.45) is 29.6 Å². The van der Waals surface area contributed by atoms with Gasteiger partial charge in [0.05, 0.1) is 6.07 Å². The van der Waals surface area contributed by atoms with Gasteiger partial charge in [-0.1, -0.05) is 0 Å². The Kier molecular flexibility index (Phi) is 2.94. The molecule has 0 aliphatic heterocycles. The van der Waals surface area contributed by atoms with Crippen molar-refractivity contribution < 1.29 is 4.79 Å². The Morgan fingerprint density at radius 3 is 2.18 bits per heavy atom. The molecule has 0 saturated heterocycles. The van der Waals surface area contributed by atoms with E-state index in [1.807, 2.05) is 0 Å². The predicted molar refractivity (Wildman–Crippen MR) is 65.0 cm³/mol. The van der Waals surface area contributed by atoms with Crippen LogP contribution < -0.4 is 0 Å². The molecule has 0 aromatic carbocycles. The number of carbonyl (C=O) groups is 1. The minimum absolute atomic E-state index is 0.376. The van der Waals surface area contributed by atoms with Crippen LogP contribution in [-0.4, -0.2) is 5.78 Å². The molecule has 0 aromatic rings. The Morgan fingerprint density at radius 2 is 1.65 bits per heavy atom. The third kappa shape index (κ3) is 2.01. The van der Waals surface area contributed by atoms with Crippen LogP contribution in [-0.2, 0) is 4.79 Å². The molecule has 0 unspecified atom stereocenters. The van der Waals surface area contributed by atoms with Crippen molar-refractivity contribution in [1.29, 1.82) is 5.26 Å². The maximum atomic E-state index is 12.3. The van der Waals surface area contributed by atoms with E-state index in [0.717, 1.165) is 18.3 Å². The minimum Gasteiger partial charge on any atom is -0.299 e. The van der Waals surface area contributed by atoms with Crippen LogP contribution >= 0.6 is 0 Å². The molecule has 2 heteroatoms. The van der Waals surface area contributed by atoms with Crippen LogP contribution in [0.3, 0.4) is 0 Å². The van der Waals surface area contributed by atoms with Crippen molar-refractivity contribution in [3.63, 3.8) is 0 Å². The molecule has 0 aromatic heterocycles. The lowest BCUT2D eigenvalue weighted by molar-refractivity contribution is -0.135. The van der Waals surface area contributed by atoms with Gasteiger partial charge in [0.15, 0.2) is 0 Å². The highest BCUT2D eigenvalue weighted by Crippen LogP contribution is 2.56.